The Kier molecular flexibility index (Phi) is 5.75. The molecule has 0 radical (unpaired) electrons. The second-order valence-electron chi connectivity index (χ2n) is 7.26. The van der Waals surface area contributed by atoms with Crippen LogP contribution in [0.1, 0.15) is 5.56 Å². The third-order valence-corrected chi connectivity index (χ3v) is 6.85. The van der Waals surface area contributed by atoms with Gasteiger partial charge in [-0.15, -0.1) is 0 Å². The largest absolute Gasteiger partial charge is 0.497 e. The van der Waals surface area contributed by atoms with Crippen LogP contribution in [0.25, 0.3) is 0 Å². The summed E-state index contributed by atoms with van der Waals surface area (Å²) in [5.74, 6) is -0.487. The third kappa shape index (κ3) is 4.11. The Morgan fingerprint density at radius 3 is 2.53 bits per heavy atom. The molecule has 9 heteroatoms. The van der Waals surface area contributed by atoms with Gasteiger partial charge in [0.1, 0.15) is 17.3 Å². The summed E-state index contributed by atoms with van der Waals surface area (Å²) in [7, 11) is -2.53. The number of hydrogen-bond donors (Lipinski definition) is 1. The van der Waals surface area contributed by atoms with E-state index in [4.69, 9.17) is 9.47 Å². The Labute approximate surface area is 185 Å². The number of benzene rings is 3. The van der Waals surface area contributed by atoms with Crippen LogP contribution < -0.4 is 19.1 Å². The summed E-state index contributed by atoms with van der Waals surface area (Å²) in [4.78, 5) is 12.9. The maximum Gasteiger partial charge on any atom is 0.267 e. The van der Waals surface area contributed by atoms with Crippen LogP contribution in [-0.4, -0.2) is 34.1 Å². The van der Waals surface area contributed by atoms with E-state index in [9.17, 15) is 17.6 Å². The number of rotatable bonds is 5. The van der Waals surface area contributed by atoms with Crippen molar-refractivity contribution in [3.05, 3.63) is 78.1 Å². The minimum atomic E-state index is -4.02. The fraction of sp³-hybridized carbons (Fsp3) is 0.174. The molecule has 7 nitrogen and oxygen atoms in total. The number of methoxy groups -OCH3 is 1. The molecule has 1 atom stereocenters. The number of nitrogens with one attached hydrogen (secondary N) is 1. The van der Waals surface area contributed by atoms with Crippen LogP contribution in [0.15, 0.2) is 71.6 Å². The molecular formula is C23H21FN2O5S. The van der Waals surface area contributed by atoms with Gasteiger partial charge in [-0.25, -0.2) is 12.8 Å². The molecule has 166 valence electrons. The van der Waals surface area contributed by atoms with Crippen LogP contribution >= 0.6 is 0 Å². The van der Waals surface area contributed by atoms with Crippen LogP contribution in [0.5, 0.6) is 11.5 Å². The third-order valence-electron chi connectivity index (χ3n) is 5.06. The molecule has 1 aliphatic rings. The predicted octanol–water partition coefficient (Wildman–Crippen LogP) is 3.74. The van der Waals surface area contributed by atoms with Crippen LogP contribution in [0.4, 0.5) is 15.8 Å². The molecule has 0 spiro atoms. The van der Waals surface area contributed by atoms with Gasteiger partial charge in [0.2, 0.25) is 0 Å². The minimum absolute atomic E-state index is 0.0132. The number of hydrogen-bond acceptors (Lipinski definition) is 5. The molecular weight excluding hydrogens is 435 g/mol. The summed E-state index contributed by atoms with van der Waals surface area (Å²) in [6, 6.07) is 16.7. The number of para-hydroxylation sites is 1. The predicted molar refractivity (Wildman–Crippen MR) is 118 cm³/mol. The highest BCUT2D eigenvalue weighted by Gasteiger charge is 2.37. The average molecular weight is 456 g/mol. The van der Waals surface area contributed by atoms with E-state index in [0.29, 0.717) is 11.4 Å². The first-order valence-electron chi connectivity index (χ1n) is 9.79. The molecule has 32 heavy (non-hydrogen) atoms. The number of sulfonamides is 1. The maximum absolute atomic E-state index is 14.0. The van der Waals surface area contributed by atoms with Crippen molar-refractivity contribution >= 4 is 27.3 Å². The van der Waals surface area contributed by atoms with Crippen molar-refractivity contribution in [3.63, 3.8) is 0 Å². The van der Waals surface area contributed by atoms with Crippen LogP contribution in [0.2, 0.25) is 0 Å². The molecule has 0 fully saturated rings. The van der Waals surface area contributed by atoms with Crippen molar-refractivity contribution in [2.45, 2.75) is 17.9 Å². The van der Waals surface area contributed by atoms with E-state index >= 15 is 0 Å². The van der Waals surface area contributed by atoms with Crippen molar-refractivity contribution < 1.29 is 27.1 Å². The topological polar surface area (TPSA) is 84.9 Å². The first kappa shape index (κ1) is 21.6. The Morgan fingerprint density at radius 1 is 1.12 bits per heavy atom. The molecule has 0 saturated carbocycles. The molecule has 0 aromatic heterocycles. The number of aryl methyl sites for hydroxylation is 1. The molecule has 0 aliphatic carbocycles. The van der Waals surface area contributed by atoms with Gasteiger partial charge in [-0.3, -0.25) is 9.10 Å². The summed E-state index contributed by atoms with van der Waals surface area (Å²) >= 11 is 0. The molecule has 1 N–H and O–H groups in total. The molecule has 1 amide bonds. The molecule has 3 aromatic carbocycles. The number of carbonyl (C=O) groups excluding carboxylic acids is 1. The van der Waals surface area contributed by atoms with Gasteiger partial charge in [0.25, 0.3) is 15.9 Å². The fourth-order valence-corrected chi connectivity index (χ4v) is 4.85. The fourth-order valence-electron chi connectivity index (χ4n) is 3.38. The summed E-state index contributed by atoms with van der Waals surface area (Å²) in [5.41, 5.74) is 1.14. The van der Waals surface area contributed by atoms with Crippen molar-refractivity contribution in [2.24, 2.45) is 0 Å². The Bertz CT molecular complexity index is 1260. The zero-order valence-electron chi connectivity index (χ0n) is 17.4. The van der Waals surface area contributed by atoms with E-state index in [1.165, 1.54) is 37.4 Å². The molecule has 4 rings (SSSR count). The second kappa shape index (κ2) is 8.51. The quantitative estimate of drug-likeness (QED) is 0.632. The molecule has 1 heterocycles. The number of anilines is 2. The van der Waals surface area contributed by atoms with Gasteiger partial charge in [0, 0.05) is 0 Å². The normalized spacial score (nSPS) is 15.5. The zero-order chi connectivity index (χ0) is 22.9. The van der Waals surface area contributed by atoms with E-state index in [2.05, 4.69) is 5.32 Å². The number of carbonyl (C=O) groups is 1. The van der Waals surface area contributed by atoms with Crippen LogP contribution in [-0.2, 0) is 14.8 Å². The smallest absolute Gasteiger partial charge is 0.267 e. The Morgan fingerprint density at radius 2 is 1.84 bits per heavy atom. The Balaban J connectivity index is 1.70. The minimum Gasteiger partial charge on any atom is -0.497 e. The number of amides is 1. The molecule has 0 saturated heterocycles. The molecule has 3 aromatic rings. The van der Waals surface area contributed by atoms with Crippen molar-refractivity contribution in [1.82, 2.24) is 0 Å². The van der Waals surface area contributed by atoms with Gasteiger partial charge in [-0.2, -0.15) is 0 Å². The van der Waals surface area contributed by atoms with Gasteiger partial charge >= 0.3 is 0 Å². The first-order valence-corrected chi connectivity index (χ1v) is 11.2. The number of halogens is 1. The summed E-state index contributed by atoms with van der Waals surface area (Å²) in [5, 5.41) is 2.48. The van der Waals surface area contributed by atoms with Crippen molar-refractivity contribution in [1.29, 1.82) is 0 Å². The highest BCUT2D eigenvalue weighted by atomic mass is 32.2. The lowest BCUT2D eigenvalue weighted by atomic mass is 10.1. The molecule has 0 unspecified atom stereocenters. The second-order valence-corrected chi connectivity index (χ2v) is 9.12. The summed E-state index contributed by atoms with van der Waals surface area (Å²) in [6.07, 6.45) is -1.18. The van der Waals surface area contributed by atoms with Crippen LogP contribution in [0, 0.1) is 12.7 Å². The van der Waals surface area contributed by atoms with Crippen molar-refractivity contribution in [3.8, 4) is 11.5 Å². The molecule has 0 bridgehead atoms. The van der Waals surface area contributed by atoms with E-state index in [1.807, 2.05) is 6.92 Å². The number of fused-ring (bicyclic) bond motifs is 1. The van der Waals surface area contributed by atoms with Crippen LogP contribution in [0.3, 0.4) is 0 Å². The summed E-state index contributed by atoms with van der Waals surface area (Å²) in [6.45, 7) is 1.56. The monoisotopic (exact) mass is 456 g/mol. The zero-order valence-corrected chi connectivity index (χ0v) is 18.2. The highest BCUT2D eigenvalue weighted by molar-refractivity contribution is 7.92. The lowest BCUT2D eigenvalue weighted by Gasteiger charge is -2.35. The maximum atomic E-state index is 14.0. The lowest BCUT2D eigenvalue weighted by molar-refractivity contribution is -0.122. The lowest BCUT2D eigenvalue weighted by Crippen LogP contribution is -2.48. The Hall–Kier alpha value is -3.59. The number of ether oxygens (including phenoxy) is 2. The highest BCUT2D eigenvalue weighted by Crippen LogP contribution is 2.38. The average Bonchev–Trinajstić information content (AvgIpc) is 2.79. The van der Waals surface area contributed by atoms with Gasteiger partial charge in [-0.1, -0.05) is 18.2 Å². The molecule has 1 aliphatic heterocycles. The standard InChI is InChI=1S/C23H21FN2O5S/c1-15-7-12-20-21(13-15)31-22(23(27)25-19-6-4-3-5-18(19)24)14-26(20)32(28,29)17-10-8-16(30-2)9-11-17/h3-13,22H,14H2,1-2H3,(H,25,27)/t22-/m1/s1. The van der Waals surface area contributed by atoms with Gasteiger partial charge in [-0.05, 0) is 61.0 Å². The summed E-state index contributed by atoms with van der Waals surface area (Å²) < 4.78 is 53.0. The van der Waals surface area contributed by atoms with E-state index in [0.717, 1.165) is 9.87 Å². The SMILES string of the molecule is COc1ccc(S(=O)(=O)N2C[C@H](C(=O)Nc3ccccc3F)Oc3cc(C)ccc32)cc1. The number of nitrogens with zero attached hydrogens (tertiary/aromatic N) is 1. The van der Waals surface area contributed by atoms with Gasteiger partial charge in [0.05, 0.1) is 29.9 Å². The van der Waals surface area contributed by atoms with E-state index < -0.39 is 27.9 Å². The van der Waals surface area contributed by atoms with E-state index in [1.54, 1.807) is 36.4 Å². The van der Waals surface area contributed by atoms with Gasteiger partial charge < -0.3 is 14.8 Å². The van der Waals surface area contributed by atoms with Gasteiger partial charge in [0.15, 0.2) is 6.10 Å². The first-order chi connectivity index (χ1) is 15.3. The van der Waals surface area contributed by atoms with E-state index in [-0.39, 0.29) is 22.9 Å². The van der Waals surface area contributed by atoms with Crippen molar-refractivity contribution in [2.75, 3.05) is 23.3 Å².